The van der Waals surface area contributed by atoms with Crippen molar-refractivity contribution in [1.82, 2.24) is 0 Å². The van der Waals surface area contributed by atoms with Gasteiger partial charge in [-0.1, -0.05) is 60.7 Å². The fourth-order valence-electron chi connectivity index (χ4n) is 2.56. The molecular formula is C21H27NO2. The molecule has 0 saturated heterocycles. The van der Waals surface area contributed by atoms with Gasteiger partial charge in [0.25, 0.3) is 0 Å². The molecule has 0 aliphatic rings. The number of hydrogen-bond donors (Lipinski definition) is 3. The van der Waals surface area contributed by atoms with Crippen LogP contribution in [0.2, 0.25) is 0 Å². The normalized spacial score (nSPS) is 15.1. The molecular weight excluding hydrogens is 298 g/mol. The maximum atomic E-state index is 10.1. The summed E-state index contributed by atoms with van der Waals surface area (Å²) in [5.41, 5.74) is 1.99. The van der Waals surface area contributed by atoms with Gasteiger partial charge in [-0.3, -0.25) is 0 Å². The van der Waals surface area contributed by atoms with Crippen molar-refractivity contribution in [3.8, 4) is 0 Å². The fourth-order valence-corrected chi connectivity index (χ4v) is 2.56. The van der Waals surface area contributed by atoms with Crippen LogP contribution in [0.15, 0.2) is 72.8 Å². The van der Waals surface area contributed by atoms with Crippen molar-refractivity contribution in [2.75, 3.05) is 11.9 Å². The highest BCUT2D eigenvalue weighted by Crippen LogP contribution is 2.18. The van der Waals surface area contributed by atoms with Crippen LogP contribution in [0.25, 0.3) is 0 Å². The highest BCUT2D eigenvalue weighted by Gasteiger charge is 2.13. The van der Waals surface area contributed by atoms with Crippen LogP contribution in [0.5, 0.6) is 0 Å². The zero-order chi connectivity index (χ0) is 17.2. The summed E-state index contributed by atoms with van der Waals surface area (Å²) in [5.74, 6) is 0.135. The quantitative estimate of drug-likeness (QED) is 0.607. The molecule has 0 heterocycles. The molecule has 24 heavy (non-hydrogen) atoms. The summed E-state index contributed by atoms with van der Waals surface area (Å²) < 4.78 is 0. The summed E-state index contributed by atoms with van der Waals surface area (Å²) >= 11 is 0. The van der Waals surface area contributed by atoms with Crippen molar-refractivity contribution in [1.29, 1.82) is 0 Å². The van der Waals surface area contributed by atoms with Gasteiger partial charge in [0, 0.05) is 18.2 Å². The number of benzene rings is 2. The second-order valence-electron chi connectivity index (χ2n) is 6.12. The number of rotatable bonds is 9. The minimum atomic E-state index is -0.477. The maximum absolute atomic E-state index is 10.1. The number of hydrogen-bond acceptors (Lipinski definition) is 3. The summed E-state index contributed by atoms with van der Waals surface area (Å²) in [4.78, 5) is 0. The number of para-hydroxylation sites is 1. The third kappa shape index (κ3) is 6.19. The van der Waals surface area contributed by atoms with Crippen LogP contribution in [0.4, 0.5) is 5.69 Å². The number of anilines is 1. The van der Waals surface area contributed by atoms with Gasteiger partial charge in [0.2, 0.25) is 0 Å². The van der Waals surface area contributed by atoms with Gasteiger partial charge >= 0.3 is 0 Å². The highest BCUT2D eigenvalue weighted by molar-refractivity contribution is 5.42. The number of aliphatic hydroxyl groups excluding tert-OH is 2. The SMILES string of the molecule is C[C@H](O)[C@H](C/C=C/CC(O)c1ccccc1)CNc1ccccc1. The first-order valence-corrected chi connectivity index (χ1v) is 8.52. The van der Waals surface area contributed by atoms with E-state index in [2.05, 4.69) is 11.4 Å². The largest absolute Gasteiger partial charge is 0.393 e. The molecule has 2 aromatic carbocycles. The van der Waals surface area contributed by atoms with E-state index in [-0.39, 0.29) is 12.0 Å². The zero-order valence-electron chi connectivity index (χ0n) is 14.2. The minimum absolute atomic E-state index is 0.135. The summed E-state index contributed by atoms with van der Waals surface area (Å²) in [6.07, 6.45) is 4.55. The van der Waals surface area contributed by atoms with E-state index in [4.69, 9.17) is 0 Å². The van der Waals surface area contributed by atoms with Crippen LogP contribution in [0.1, 0.15) is 31.4 Å². The molecule has 3 heteroatoms. The van der Waals surface area contributed by atoms with Gasteiger partial charge in [-0.15, -0.1) is 0 Å². The third-order valence-corrected chi connectivity index (χ3v) is 4.17. The molecule has 0 spiro atoms. The van der Waals surface area contributed by atoms with Crippen LogP contribution in [0, 0.1) is 5.92 Å². The van der Waals surface area contributed by atoms with Crippen LogP contribution in [-0.4, -0.2) is 22.9 Å². The summed E-state index contributed by atoms with van der Waals surface area (Å²) in [7, 11) is 0. The Labute approximate surface area is 144 Å². The lowest BCUT2D eigenvalue weighted by molar-refractivity contribution is 0.133. The molecule has 0 fully saturated rings. The predicted molar refractivity (Wildman–Crippen MR) is 99.9 cm³/mol. The van der Waals surface area contributed by atoms with Crippen molar-refractivity contribution in [2.45, 2.75) is 32.0 Å². The second kappa shape index (κ2) is 9.91. The molecule has 0 amide bonds. The molecule has 2 rings (SSSR count). The Morgan fingerprint density at radius 3 is 2.08 bits per heavy atom. The number of aliphatic hydroxyl groups is 2. The van der Waals surface area contributed by atoms with Crippen LogP contribution >= 0.6 is 0 Å². The molecule has 3 nitrogen and oxygen atoms in total. The minimum Gasteiger partial charge on any atom is -0.393 e. The Morgan fingerprint density at radius 2 is 1.46 bits per heavy atom. The number of allylic oxidation sites excluding steroid dienone is 1. The van der Waals surface area contributed by atoms with Gasteiger partial charge in [-0.25, -0.2) is 0 Å². The first kappa shape index (κ1) is 18.2. The maximum Gasteiger partial charge on any atom is 0.0824 e. The van der Waals surface area contributed by atoms with Gasteiger partial charge < -0.3 is 15.5 Å². The Bertz CT molecular complexity index is 596. The lowest BCUT2D eigenvalue weighted by Crippen LogP contribution is -2.24. The van der Waals surface area contributed by atoms with Gasteiger partial charge in [0.15, 0.2) is 0 Å². The summed E-state index contributed by atoms with van der Waals surface area (Å²) in [6, 6.07) is 19.7. The first-order chi connectivity index (χ1) is 11.7. The van der Waals surface area contributed by atoms with Crippen LogP contribution < -0.4 is 5.32 Å². The van der Waals surface area contributed by atoms with E-state index in [9.17, 15) is 10.2 Å². The van der Waals surface area contributed by atoms with E-state index >= 15 is 0 Å². The van der Waals surface area contributed by atoms with Crippen molar-refractivity contribution >= 4 is 5.69 Å². The number of nitrogens with one attached hydrogen (secondary N) is 1. The summed E-state index contributed by atoms with van der Waals surface area (Å²) in [6.45, 7) is 2.54. The van der Waals surface area contributed by atoms with Gasteiger partial charge in [0.05, 0.1) is 12.2 Å². The van der Waals surface area contributed by atoms with Gasteiger partial charge in [-0.2, -0.15) is 0 Å². The first-order valence-electron chi connectivity index (χ1n) is 8.52. The van der Waals surface area contributed by atoms with Crippen LogP contribution in [-0.2, 0) is 0 Å². The average Bonchev–Trinajstić information content (AvgIpc) is 2.62. The lowest BCUT2D eigenvalue weighted by Gasteiger charge is -2.19. The molecule has 0 radical (unpaired) electrons. The molecule has 0 aliphatic heterocycles. The van der Waals surface area contributed by atoms with E-state index in [0.29, 0.717) is 13.0 Å². The highest BCUT2D eigenvalue weighted by atomic mass is 16.3. The van der Waals surface area contributed by atoms with Crippen molar-refractivity contribution in [2.24, 2.45) is 5.92 Å². The van der Waals surface area contributed by atoms with Crippen molar-refractivity contribution < 1.29 is 10.2 Å². The lowest BCUT2D eigenvalue weighted by atomic mass is 9.98. The molecule has 0 aromatic heterocycles. The topological polar surface area (TPSA) is 52.5 Å². The Hall–Kier alpha value is -2.10. The van der Waals surface area contributed by atoms with E-state index in [1.165, 1.54) is 0 Å². The molecule has 3 atom stereocenters. The summed E-state index contributed by atoms with van der Waals surface area (Å²) in [5, 5.41) is 23.4. The van der Waals surface area contributed by atoms with E-state index in [0.717, 1.165) is 17.7 Å². The van der Waals surface area contributed by atoms with E-state index < -0.39 is 6.10 Å². The predicted octanol–water partition coefficient (Wildman–Crippen LogP) is 4.17. The standard InChI is InChI=1S/C21H27NO2/c1-17(23)19(16-22-20-13-6-3-7-14-20)12-8-9-15-21(24)18-10-4-2-5-11-18/h2-11,13-14,17,19,21-24H,12,15-16H2,1H3/b9-8+/t17-,19+,21?/m0/s1. The molecule has 0 bridgehead atoms. The molecule has 2 aromatic rings. The second-order valence-corrected chi connectivity index (χ2v) is 6.12. The van der Waals surface area contributed by atoms with Crippen molar-refractivity contribution in [3.63, 3.8) is 0 Å². The van der Waals surface area contributed by atoms with Crippen molar-refractivity contribution in [3.05, 3.63) is 78.4 Å². The third-order valence-electron chi connectivity index (χ3n) is 4.17. The molecule has 128 valence electrons. The smallest absolute Gasteiger partial charge is 0.0824 e. The van der Waals surface area contributed by atoms with Gasteiger partial charge in [0.1, 0.15) is 0 Å². The average molecular weight is 325 g/mol. The van der Waals surface area contributed by atoms with E-state index in [1.807, 2.05) is 73.7 Å². The molecule has 3 N–H and O–H groups in total. The van der Waals surface area contributed by atoms with Crippen LogP contribution in [0.3, 0.4) is 0 Å². The monoisotopic (exact) mass is 325 g/mol. The van der Waals surface area contributed by atoms with E-state index in [1.54, 1.807) is 0 Å². The Kier molecular flexibility index (Phi) is 7.53. The zero-order valence-corrected chi connectivity index (χ0v) is 14.2. The molecule has 0 saturated carbocycles. The molecule has 0 aliphatic carbocycles. The Morgan fingerprint density at radius 1 is 0.875 bits per heavy atom. The van der Waals surface area contributed by atoms with Gasteiger partial charge in [-0.05, 0) is 37.5 Å². The fraction of sp³-hybridized carbons (Fsp3) is 0.333. The molecule has 1 unspecified atom stereocenters. The Balaban J connectivity index is 1.78.